The predicted molar refractivity (Wildman–Crippen MR) is 86.5 cm³/mol. The Hall–Kier alpha value is -0.590. The summed E-state index contributed by atoms with van der Waals surface area (Å²) >= 11 is 7.36. The first-order chi connectivity index (χ1) is 9.53. The van der Waals surface area contributed by atoms with Gasteiger partial charge in [0.1, 0.15) is 0 Å². The molecule has 4 nitrogen and oxygen atoms in total. The largest absolute Gasteiger partial charge is 0.378 e. The van der Waals surface area contributed by atoms with E-state index >= 15 is 0 Å². The summed E-state index contributed by atoms with van der Waals surface area (Å²) in [5, 5.41) is 0. The molecule has 1 aromatic heterocycles. The lowest BCUT2D eigenvalue weighted by Crippen LogP contribution is -2.39. The lowest BCUT2D eigenvalue weighted by molar-refractivity contribution is -0.0773. The molecule has 3 rings (SSSR count). The van der Waals surface area contributed by atoms with Crippen molar-refractivity contribution in [2.45, 2.75) is 36.1 Å². The van der Waals surface area contributed by atoms with Gasteiger partial charge in [-0.1, -0.05) is 31.9 Å². The van der Waals surface area contributed by atoms with Gasteiger partial charge in [-0.25, -0.2) is 4.79 Å². The van der Waals surface area contributed by atoms with E-state index < -0.39 is 0 Å². The summed E-state index contributed by atoms with van der Waals surface area (Å²) in [6.45, 7) is 0. The Morgan fingerprint density at radius 2 is 2.00 bits per heavy atom. The van der Waals surface area contributed by atoms with Crippen LogP contribution in [0.25, 0.3) is 11.0 Å². The van der Waals surface area contributed by atoms with Crippen LogP contribution in [-0.4, -0.2) is 22.7 Å². The summed E-state index contributed by atoms with van der Waals surface area (Å²) in [6, 6.07) is 3.95. The number of ether oxygens (including phenoxy) is 1. The first-order valence-corrected chi connectivity index (χ1v) is 8.34. The van der Waals surface area contributed by atoms with Crippen LogP contribution in [0.1, 0.15) is 36.1 Å². The van der Waals surface area contributed by atoms with E-state index in [4.69, 9.17) is 4.74 Å². The summed E-state index contributed by atoms with van der Waals surface area (Å²) in [5.41, 5.74) is 2.61. The van der Waals surface area contributed by atoms with Gasteiger partial charge < -0.3 is 14.7 Å². The van der Waals surface area contributed by atoms with Crippen LogP contribution in [0, 0.1) is 0 Å². The van der Waals surface area contributed by atoms with E-state index in [2.05, 4.69) is 41.8 Å². The van der Waals surface area contributed by atoms with Gasteiger partial charge in [0.25, 0.3) is 0 Å². The van der Waals surface area contributed by atoms with Crippen molar-refractivity contribution in [2.24, 2.45) is 0 Å². The molecular formula is C14H16Br2N2O2. The molecule has 1 fully saturated rings. The number of hydrogen-bond donors (Lipinski definition) is 2. The van der Waals surface area contributed by atoms with Crippen LogP contribution in [0.5, 0.6) is 0 Å². The van der Waals surface area contributed by atoms with E-state index in [9.17, 15) is 4.79 Å². The molecule has 0 radical (unpaired) electrons. The molecule has 0 spiro atoms. The second-order valence-corrected chi connectivity index (χ2v) is 7.37. The average molecular weight is 404 g/mol. The van der Waals surface area contributed by atoms with E-state index in [1.54, 1.807) is 7.11 Å². The fourth-order valence-corrected chi connectivity index (χ4v) is 4.71. The molecule has 2 aromatic rings. The number of aromatic amines is 2. The van der Waals surface area contributed by atoms with E-state index in [0.717, 1.165) is 40.3 Å². The van der Waals surface area contributed by atoms with E-state index in [0.29, 0.717) is 0 Å². The monoisotopic (exact) mass is 402 g/mol. The van der Waals surface area contributed by atoms with Crippen LogP contribution in [0.4, 0.5) is 0 Å². The second-order valence-electron chi connectivity index (χ2n) is 5.41. The maximum Gasteiger partial charge on any atom is 0.323 e. The number of imidazole rings is 1. The van der Waals surface area contributed by atoms with Gasteiger partial charge >= 0.3 is 5.69 Å². The third-order valence-electron chi connectivity index (χ3n) is 4.22. The maximum atomic E-state index is 11.4. The standard InChI is InChI=1S/C14H16Br2N2O2/c1-20-14(3-2-4-14)7-10(16)8-5-11-12(6-9(8)15)18-13(19)17-11/h5-6,10H,2-4,7H2,1H3,(H2,17,18,19). The number of fused-ring (bicyclic) bond motifs is 1. The number of halogens is 2. The van der Waals surface area contributed by atoms with Crippen LogP contribution < -0.4 is 5.69 Å². The van der Waals surface area contributed by atoms with Crippen molar-refractivity contribution in [2.75, 3.05) is 7.11 Å². The van der Waals surface area contributed by atoms with Crippen molar-refractivity contribution in [3.8, 4) is 0 Å². The Balaban J connectivity index is 1.92. The van der Waals surface area contributed by atoms with E-state index in [-0.39, 0.29) is 16.1 Å². The van der Waals surface area contributed by atoms with Gasteiger partial charge in [0.05, 0.1) is 16.6 Å². The van der Waals surface area contributed by atoms with E-state index in [1.807, 2.05) is 12.1 Å². The van der Waals surface area contributed by atoms with Crippen LogP contribution in [0.3, 0.4) is 0 Å². The highest BCUT2D eigenvalue weighted by atomic mass is 79.9. The molecule has 1 unspecified atom stereocenters. The van der Waals surface area contributed by atoms with Gasteiger partial charge in [-0.05, 0) is 43.4 Å². The Morgan fingerprint density at radius 1 is 1.35 bits per heavy atom. The fraction of sp³-hybridized carbons (Fsp3) is 0.500. The summed E-state index contributed by atoms with van der Waals surface area (Å²) in [4.78, 5) is 17.1. The number of H-pyrrole nitrogens is 2. The van der Waals surface area contributed by atoms with Crippen LogP contribution in [0.2, 0.25) is 0 Å². The lowest BCUT2D eigenvalue weighted by atomic mass is 9.76. The minimum Gasteiger partial charge on any atom is -0.378 e. The zero-order chi connectivity index (χ0) is 14.3. The SMILES string of the molecule is COC1(CC(Br)c2cc3[nH]c(=O)[nH]c3cc2Br)CCC1. The number of nitrogens with one attached hydrogen (secondary N) is 2. The summed E-state index contributed by atoms with van der Waals surface area (Å²) in [6.07, 6.45) is 4.40. The molecule has 1 heterocycles. The molecule has 1 saturated carbocycles. The van der Waals surface area contributed by atoms with Crippen molar-refractivity contribution in [1.29, 1.82) is 0 Å². The molecule has 6 heteroatoms. The van der Waals surface area contributed by atoms with Gasteiger partial charge in [0.15, 0.2) is 0 Å². The minimum atomic E-state index is -0.178. The van der Waals surface area contributed by atoms with Crippen molar-refractivity contribution >= 4 is 42.9 Å². The predicted octanol–water partition coefficient (Wildman–Crippen LogP) is 4.01. The quantitative estimate of drug-likeness (QED) is 0.757. The van der Waals surface area contributed by atoms with Gasteiger partial charge in [-0.3, -0.25) is 0 Å². The van der Waals surface area contributed by atoms with E-state index in [1.165, 1.54) is 6.42 Å². The van der Waals surface area contributed by atoms with Gasteiger partial charge in [0.2, 0.25) is 0 Å². The molecule has 108 valence electrons. The molecule has 0 bridgehead atoms. The highest BCUT2D eigenvalue weighted by Gasteiger charge is 2.39. The van der Waals surface area contributed by atoms with Crippen molar-refractivity contribution in [3.63, 3.8) is 0 Å². The molecule has 0 amide bonds. The average Bonchev–Trinajstić information content (AvgIpc) is 2.71. The number of alkyl halides is 1. The zero-order valence-corrected chi connectivity index (χ0v) is 14.3. The van der Waals surface area contributed by atoms with Crippen LogP contribution in [0.15, 0.2) is 21.4 Å². The Labute approximate surface area is 133 Å². The third kappa shape index (κ3) is 2.49. The Morgan fingerprint density at radius 3 is 2.55 bits per heavy atom. The Bertz CT molecular complexity index is 683. The van der Waals surface area contributed by atoms with Gasteiger partial charge in [-0.15, -0.1) is 0 Å². The zero-order valence-electron chi connectivity index (χ0n) is 11.1. The number of aromatic nitrogens is 2. The first-order valence-electron chi connectivity index (χ1n) is 6.64. The normalized spacial score (nSPS) is 18.9. The van der Waals surface area contributed by atoms with Gasteiger partial charge in [-0.2, -0.15) is 0 Å². The molecule has 1 aliphatic rings. The fourth-order valence-electron chi connectivity index (χ4n) is 2.81. The van der Waals surface area contributed by atoms with Crippen LogP contribution in [-0.2, 0) is 4.74 Å². The molecule has 1 aliphatic carbocycles. The molecule has 0 saturated heterocycles. The highest BCUT2D eigenvalue weighted by molar-refractivity contribution is 9.11. The summed E-state index contributed by atoms with van der Waals surface area (Å²) < 4.78 is 6.68. The lowest BCUT2D eigenvalue weighted by Gasteiger charge is -2.42. The molecule has 2 N–H and O–H groups in total. The summed E-state index contributed by atoms with van der Waals surface area (Å²) in [7, 11) is 1.79. The van der Waals surface area contributed by atoms with Crippen molar-refractivity contribution in [3.05, 3.63) is 32.7 Å². The topological polar surface area (TPSA) is 57.9 Å². The first kappa shape index (κ1) is 14.4. The number of methoxy groups -OCH3 is 1. The third-order valence-corrected chi connectivity index (χ3v) is 5.72. The maximum absolute atomic E-state index is 11.4. The number of rotatable bonds is 4. The number of benzene rings is 1. The van der Waals surface area contributed by atoms with Crippen molar-refractivity contribution < 1.29 is 4.74 Å². The highest BCUT2D eigenvalue weighted by Crippen LogP contribution is 2.46. The second kappa shape index (κ2) is 5.31. The Kier molecular flexibility index (Phi) is 3.81. The smallest absolute Gasteiger partial charge is 0.323 e. The molecule has 1 atom stereocenters. The summed E-state index contributed by atoms with van der Waals surface area (Å²) in [5.74, 6) is 0. The molecule has 1 aromatic carbocycles. The van der Waals surface area contributed by atoms with Gasteiger partial charge in [0, 0.05) is 16.4 Å². The van der Waals surface area contributed by atoms with Crippen molar-refractivity contribution in [1.82, 2.24) is 9.97 Å². The molecule has 20 heavy (non-hydrogen) atoms. The molecule has 0 aliphatic heterocycles. The van der Waals surface area contributed by atoms with Crippen LogP contribution >= 0.6 is 31.9 Å². The molecular weight excluding hydrogens is 388 g/mol. The number of hydrogen-bond acceptors (Lipinski definition) is 2. The minimum absolute atomic E-state index is 0.00805.